The van der Waals surface area contributed by atoms with Gasteiger partial charge >= 0.3 is 0 Å². The van der Waals surface area contributed by atoms with Crippen molar-refractivity contribution in [3.05, 3.63) is 12.2 Å². The number of amides is 1. The molecular weight excluding hydrogens is 344 g/mol. The standard InChI is InChI=1S/C20H36N4O3/c1-16(2)13-21-20(22-14-19(25)23(3)4)24-10-8-17(9-11-24)27-15-18-7-5-6-12-26-18/h17-18H,1,5-15H2,2-4H3,(H,21,22). The fourth-order valence-electron chi connectivity index (χ4n) is 3.20. The Morgan fingerprint density at radius 3 is 2.63 bits per heavy atom. The molecule has 1 atom stereocenters. The number of nitrogens with zero attached hydrogens (tertiary/aromatic N) is 3. The normalized spacial score (nSPS) is 21.8. The Morgan fingerprint density at radius 1 is 1.30 bits per heavy atom. The first-order chi connectivity index (χ1) is 13.0. The van der Waals surface area contributed by atoms with Crippen LogP contribution in [0.1, 0.15) is 39.0 Å². The molecule has 2 aliphatic heterocycles. The minimum absolute atomic E-state index is 0.00433. The SMILES string of the molecule is C=C(C)CNC(=NCC(=O)N(C)C)N1CCC(OCC2CCCCO2)CC1. The van der Waals surface area contributed by atoms with E-state index in [1.54, 1.807) is 19.0 Å². The summed E-state index contributed by atoms with van der Waals surface area (Å²) in [6.07, 6.45) is 5.99. The molecule has 154 valence electrons. The summed E-state index contributed by atoms with van der Waals surface area (Å²) in [6, 6.07) is 0. The van der Waals surface area contributed by atoms with E-state index in [2.05, 4.69) is 21.8 Å². The van der Waals surface area contributed by atoms with Gasteiger partial charge in [0.25, 0.3) is 0 Å². The summed E-state index contributed by atoms with van der Waals surface area (Å²) in [4.78, 5) is 20.2. The minimum atomic E-state index is -0.00433. The average molecular weight is 381 g/mol. The number of hydrogen-bond donors (Lipinski definition) is 1. The highest BCUT2D eigenvalue weighted by Crippen LogP contribution is 2.18. The molecule has 27 heavy (non-hydrogen) atoms. The van der Waals surface area contributed by atoms with Crippen LogP contribution in [0, 0.1) is 0 Å². The van der Waals surface area contributed by atoms with Crippen LogP contribution >= 0.6 is 0 Å². The van der Waals surface area contributed by atoms with Crippen LogP contribution in [0.4, 0.5) is 0 Å². The van der Waals surface area contributed by atoms with E-state index < -0.39 is 0 Å². The fourth-order valence-corrected chi connectivity index (χ4v) is 3.20. The van der Waals surface area contributed by atoms with Gasteiger partial charge in [0, 0.05) is 40.3 Å². The Kier molecular flexibility index (Phi) is 9.07. The monoisotopic (exact) mass is 380 g/mol. The number of likely N-dealkylation sites (N-methyl/N-ethyl adjacent to an activating group) is 1. The lowest BCUT2D eigenvalue weighted by molar-refractivity contribution is -0.127. The first-order valence-electron chi connectivity index (χ1n) is 10.1. The van der Waals surface area contributed by atoms with E-state index in [0.717, 1.165) is 50.5 Å². The van der Waals surface area contributed by atoms with Crippen molar-refractivity contribution < 1.29 is 14.3 Å². The molecule has 0 aromatic heterocycles. The van der Waals surface area contributed by atoms with Gasteiger partial charge in [0.15, 0.2) is 5.96 Å². The third kappa shape index (κ3) is 7.89. The highest BCUT2D eigenvalue weighted by Gasteiger charge is 2.24. The van der Waals surface area contributed by atoms with Crippen LogP contribution in [0.5, 0.6) is 0 Å². The molecule has 2 heterocycles. The highest BCUT2D eigenvalue weighted by atomic mass is 16.5. The molecule has 0 radical (unpaired) electrons. The number of carbonyl (C=O) groups is 1. The Bertz CT molecular complexity index is 507. The first-order valence-corrected chi connectivity index (χ1v) is 10.1. The van der Waals surface area contributed by atoms with Crippen molar-refractivity contribution in [1.29, 1.82) is 0 Å². The van der Waals surface area contributed by atoms with Crippen molar-refractivity contribution in [1.82, 2.24) is 15.1 Å². The molecule has 0 aromatic carbocycles. The maximum atomic E-state index is 11.9. The van der Waals surface area contributed by atoms with E-state index in [4.69, 9.17) is 9.47 Å². The molecule has 1 amide bonds. The van der Waals surface area contributed by atoms with Crippen molar-refractivity contribution in [2.24, 2.45) is 4.99 Å². The summed E-state index contributed by atoms with van der Waals surface area (Å²) < 4.78 is 11.8. The summed E-state index contributed by atoms with van der Waals surface area (Å²) in [5.41, 5.74) is 1.03. The second kappa shape index (κ2) is 11.3. The second-order valence-electron chi connectivity index (χ2n) is 7.75. The van der Waals surface area contributed by atoms with Gasteiger partial charge in [-0.2, -0.15) is 0 Å². The molecule has 1 N–H and O–H groups in total. The topological polar surface area (TPSA) is 66.4 Å². The van der Waals surface area contributed by atoms with Crippen molar-refractivity contribution >= 4 is 11.9 Å². The summed E-state index contributed by atoms with van der Waals surface area (Å²) >= 11 is 0. The van der Waals surface area contributed by atoms with Crippen molar-refractivity contribution in [3.63, 3.8) is 0 Å². The zero-order valence-corrected chi connectivity index (χ0v) is 17.2. The molecule has 2 fully saturated rings. The van der Waals surface area contributed by atoms with Gasteiger partial charge in [-0.15, -0.1) is 0 Å². The maximum absolute atomic E-state index is 11.9. The molecule has 0 spiro atoms. The van der Waals surface area contributed by atoms with Crippen LogP contribution in [0.25, 0.3) is 0 Å². The molecule has 0 saturated carbocycles. The smallest absolute Gasteiger partial charge is 0.243 e. The number of ether oxygens (including phenoxy) is 2. The van der Waals surface area contributed by atoms with Crippen LogP contribution in [-0.4, -0.2) is 87.4 Å². The molecule has 0 aromatic rings. The maximum Gasteiger partial charge on any atom is 0.243 e. The van der Waals surface area contributed by atoms with E-state index in [1.165, 1.54) is 12.8 Å². The quantitative estimate of drug-likeness (QED) is 0.413. The predicted octanol–water partition coefficient (Wildman–Crippen LogP) is 1.65. The van der Waals surface area contributed by atoms with Crippen LogP contribution < -0.4 is 5.32 Å². The molecule has 2 aliphatic rings. The van der Waals surface area contributed by atoms with Gasteiger partial charge in [-0.1, -0.05) is 12.2 Å². The first kappa shape index (κ1) is 21.7. The third-order valence-electron chi connectivity index (χ3n) is 4.94. The van der Waals surface area contributed by atoms with Gasteiger partial charge in [-0.3, -0.25) is 4.79 Å². The van der Waals surface area contributed by atoms with Crippen LogP contribution in [-0.2, 0) is 14.3 Å². The zero-order chi connectivity index (χ0) is 19.6. The second-order valence-corrected chi connectivity index (χ2v) is 7.75. The third-order valence-corrected chi connectivity index (χ3v) is 4.94. The Hall–Kier alpha value is -1.60. The number of piperidine rings is 1. The minimum Gasteiger partial charge on any atom is -0.376 e. The van der Waals surface area contributed by atoms with Crippen LogP contribution in [0.2, 0.25) is 0 Å². The van der Waals surface area contributed by atoms with E-state index in [9.17, 15) is 4.79 Å². The molecule has 0 aliphatic carbocycles. The fraction of sp³-hybridized carbons (Fsp3) is 0.800. The number of guanidine groups is 1. The van der Waals surface area contributed by atoms with Gasteiger partial charge in [0.1, 0.15) is 6.54 Å². The van der Waals surface area contributed by atoms with E-state index >= 15 is 0 Å². The lowest BCUT2D eigenvalue weighted by Gasteiger charge is -2.35. The van der Waals surface area contributed by atoms with Gasteiger partial charge in [-0.05, 0) is 39.0 Å². The average Bonchev–Trinajstić information content (AvgIpc) is 2.67. The summed E-state index contributed by atoms with van der Waals surface area (Å²) in [7, 11) is 3.50. The number of hydrogen-bond acceptors (Lipinski definition) is 4. The number of carbonyl (C=O) groups excluding carboxylic acids is 1. The number of rotatable bonds is 7. The molecule has 1 unspecified atom stereocenters. The van der Waals surface area contributed by atoms with Gasteiger partial charge in [0.05, 0.1) is 18.8 Å². The summed E-state index contributed by atoms with van der Waals surface area (Å²) in [6.45, 7) is 10.0. The predicted molar refractivity (Wildman–Crippen MR) is 108 cm³/mol. The molecule has 7 heteroatoms. The summed E-state index contributed by atoms with van der Waals surface area (Å²) in [5, 5.41) is 3.33. The molecular formula is C20H36N4O3. The Morgan fingerprint density at radius 2 is 2.04 bits per heavy atom. The van der Waals surface area contributed by atoms with E-state index in [-0.39, 0.29) is 24.7 Å². The van der Waals surface area contributed by atoms with Gasteiger partial charge in [0.2, 0.25) is 5.91 Å². The summed E-state index contributed by atoms with van der Waals surface area (Å²) in [5.74, 6) is 0.776. The van der Waals surface area contributed by atoms with Gasteiger partial charge in [-0.25, -0.2) is 4.99 Å². The van der Waals surface area contributed by atoms with E-state index in [1.807, 2.05) is 6.92 Å². The lowest BCUT2D eigenvalue weighted by atomic mass is 10.1. The Labute approximate surface area is 163 Å². The lowest BCUT2D eigenvalue weighted by Crippen LogP contribution is -2.48. The van der Waals surface area contributed by atoms with Crippen molar-refractivity contribution in [2.45, 2.75) is 51.2 Å². The molecule has 7 nitrogen and oxygen atoms in total. The number of likely N-dealkylation sites (tertiary alicyclic amines) is 1. The number of aliphatic imine (C=N–C) groups is 1. The largest absolute Gasteiger partial charge is 0.376 e. The van der Waals surface area contributed by atoms with Crippen molar-refractivity contribution in [3.8, 4) is 0 Å². The molecule has 2 rings (SSSR count). The van der Waals surface area contributed by atoms with E-state index in [0.29, 0.717) is 13.2 Å². The molecule has 0 bridgehead atoms. The van der Waals surface area contributed by atoms with Gasteiger partial charge < -0.3 is 24.6 Å². The zero-order valence-electron chi connectivity index (χ0n) is 17.2. The molecule has 2 saturated heterocycles. The van der Waals surface area contributed by atoms with Crippen LogP contribution in [0.3, 0.4) is 0 Å². The number of nitrogens with one attached hydrogen (secondary N) is 1. The van der Waals surface area contributed by atoms with Crippen LogP contribution in [0.15, 0.2) is 17.1 Å². The van der Waals surface area contributed by atoms with Crippen molar-refractivity contribution in [2.75, 3.05) is 53.5 Å². The highest BCUT2D eigenvalue weighted by molar-refractivity contribution is 5.85. The Balaban J connectivity index is 1.81.